The minimum Gasteiger partial charge on any atom is -0.493 e. The molecule has 3 N–H and O–H groups in total. The van der Waals surface area contributed by atoms with Crippen LogP contribution in [0.15, 0.2) is 46.7 Å². The maximum atomic E-state index is 12.6. The lowest BCUT2D eigenvalue weighted by Crippen LogP contribution is -2.14. The van der Waals surface area contributed by atoms with E-state index in [0.717, 1.165) is 17.3 Å². The number of carbonyl (C=O) groups excluding carboxylic acids is 1. The molecule has 1 heterocycles. The van der Waals surface area contributed by atoms with Crippen LogP contribution in [0.2, 0.25) is 0 Å². The van der Waals surface area contributed by atoms with Gasteiger partial charge in [0.05, 0.1) is 39.9 Å². The molecule has 0 amide bonds. The van der Waals surface area contributed by atoms with Crippen LogP contribution in [0.4, 0.5) is 5.95 Å². The summed E-state index contributed by atoms with van der Waals surface area (Å²) >= 11 is 1.16. The van der Waals surface area contributed by atoms with Gasteiger partial charge in [0.2, 0.25) is 5.16 Å². The Morgan fingerprint density at radius 1 is 0.941 bits per heavy atom. The van der Waals surface area contributed by atoms with Crippen LogP contribution in [-0.2, 0) is 0 Å². The van der Waals surface area contributed by atoms with E-state index in [1.807, 2.05) is 19.1 Å². The number of nitrogens with one attached hydrogen (secondary N) is 1. The van der Waals surface area contributed by atoms with Gasteiger partial charge in [-0.25, -0.2) is 10.1 Å². The molecule has 3 rings (SSSR count). The molecule has 3 aromatic rings. The van der Waals surface area contributed by atoms with Gasteiger partial charge < -0.3 is 24.8 Å². The van der Waals surface area contributed by atoms with Gasteiger partial charge in [-0.05, 0) is 43.3 Å². The smallest absolute Gasteiger partial charge is 0.264 e. The number of anilines is 1. The first kappa shape index (κ1) is 24.7. The van der Waals surface area contributed by atoms with E-state index in [-0.39, 0.29) is 17.5 Å². The number of rotatable bonds is 11. The summed E-state index contributed by atoms with van der Waals surface area (Å²) in [6.07, 6.45) is 0. The number of nitrogens with two attached hydrogens (primary N) is 1. The molecule has 12 heteroatoms. The summed E-state index contributed by atoms with van der Waals surface area (Å²) in [6.45, 7) is 1.82. The number of benzene rings is 2. The SMILES string of the molecule is COc1ccc(C(=O)CSc2nnc(N/N=C(\C)c3ccc(OC)c(OC)c3)n2N)cc1OC. The molecule has 0 aliphatic rings. The summed E-state index contributed by atoms with van der Waals surface area (Å²) in [5, 5.41) is 12.7. The minimum atomic E-state index is -0.120. The molecular formula is C22H26N6O5S. The molecule has 2 aromatic carbocycles. The normalized spacial score (nSPS) is 11.1. The van der Waals surface area contributed by atoms with E-state index < -0.39 is 0 Å². The molecule has 0 spiro atoms. The quantitative estimate of drug-likeness (QED) is 0.137. The van der Waals surface area contributed by atoms with Crippen LogP contribution in [-0.4, -0.2) is 60.6 Å². The van der Waals surface area contributed by atoms with Crippen LogP contribution in [0.25, 0.3) is 0 Å². The van der Waals surface area contributed by atoms with Gasteiger partial charge in [0.1, 0.15) is 0 Å². The summed E-state index contributed by atoms with van der Waals surface area (Å²) in [5.41, 5.74) is 4.77. The van der Waals surface area contributed by atoms with E-state index in [1.165, 1.54) is 18.9 Å². The average Bonchev–Trinajstić information content (AvgIpc) is 3.23. The zero-order chi connectivity index (χ0) is 24.7. The van der Waals surface area contributed by atoms with Crippen molar-refractivity contribution in [1.29, 1.82) is 0 Å². The van der Waals surface area contributed by atoms with Gasteiger partial charge in [-0.1, -0.05) is 11.8 Å². The highest BCUT2D eigenvalue weighted by Gasteiger charge is 2.15. The number of hydrogen-bond acceptors (Lipinski definition) is 11. The molecule has 0 unspecified atom stereocenters. The second-order valence-corrected chi connectivity index (χ2v) is 7.78. The van der Waals surface area contributed by atoms with Crippen molar-refractivity contribution in [3.63, 3.8) is 0 Å². The second-order valence-electron chi connectivity index (χ2n) is 6.84. The summed E-state index contributed by atoms with van der Waals surface area (Å²) in [7, 11) is 6.19. The Bertz CT molecular complexity index is 1200. The predicted octanol–water partition coefficient (Wildman–Crippen LogP) is 2.84. The first-order valence-electron chi connectivity index (χ1n) is 10.0. The summed E-state index contributed by atoms with van der Waals surface area (Å²) in [4.78, 5) is 12.6. The summed E-state index contributed by atoms with van der Waals surface area (Å²) in [5.74, 6) is 8.53. The van der Waals surface area contributed by atoms with E-state index in [0.29, 0.717) is 39.4 Å². The van der Waals surface area contributed by atoms with Gasteiger partial charge >= 0.3 is 0 Å². The number of aromatic nitrogens is 3. The highest BCUT2D eigenvalue weighted by Crippen LogP contribution is 2.29. The Morgan fingerprint density at radius 2 is 1.50 bits per heavy atom. The summed E-state index contributed by atoms with van der Waals surface area (Å²) in [6, 6.07) is 10.5. The maximum Gasteiger partial charge on any atom is 0.264 e. The molecule has 0 bridgehead atoms. The van der Waals surface area contributed by atoms with E-state index in [2.05, 4.69) is 20.7 Å². The number of nitrogens with zero attached hydrogens (tertiary/aromatic N) is 4. The van der Waals surface area contributed by atoms with Gasteiger partial charge in [-0.3, -0.25) is 4.79 Å². The molecule has 0 atom stereocenters. The predicted molar refractivity (Wildman–Crippen MR) is 130 cm³/mol. The first-order valence-corrected chi connectivity index (χ1v) is 11.0. The third-order valence-electron chi connectivity index (χ3n) is 4.83. The highest BCUT2D eigenvalue weighted by molar-refractivity contribution is 7.99. The van der Waals surface area contributed by atoms with Crippen molar-refractivity contribution in [2.75, 3.05) is 45.5 Å². The molecule has 0 aliphatic carbocycles. The van der Waals surface area contributed by atoms with Crippen LogP contribution >= 0.6 is 11.8 Å². The zero-order valence-electron chi connectivity index (χ0n) is 19.5. The van der Waals surface area contributed by atoms with Crippen LogP contribution < -0.4 is 30.2 Å². The second kappa shape index (κ2) is 11.3. The Morgan fingerprint density at radius 3 is 2.09 bits per heavy atom. The number of thioether (sulfide) groups is 1. The Hall–Kier alpha value is -3.93. The van der Waals surface area contributed by atoms with Crippen molar-refractivity contribution in [1.82, 2.24) is 14.9 Å². The molecule has 0 saturated heterocycles. The van der Waals surface area contributed by atoms with Crippen molar-refractivity contribution in [2.24, 2.45) is 5.10 Å². The minimum absolute atomic E-state index is 0.110. The van der Waals surface area contributed by atoms with E-state index in [9.17, 15) is 4.79 Å². The van der Waals surface area contributed by atoms with Gasteiger partial charge in [-0.15, -0.1) is 10.2 Å². The first-order chi connectivity index (χ1) is 16.4. The highest BCUT2D eigenvalue weighted by atomic mass is 32.2. The third kappa shape index (κ3) is 5.52. The Labute approximate surface area is 201 Å². The largest absolute Gasteiger partial charge is 0.493 e. The molecule has 34 heavy (non-hydrogen) atoms. The lowest BCUT2D eigenvalue weighted by atomic mass is 10.1. The monoisotopic (exact) mass is 486 g/mol. The molecule has 0 fully saturated rings. The lowest BCUT2D eigenvalue weighted by Gasteiger charge is -2.09. The molecule has 1 aromatic heterocycles. The van der Waals surface area contributed by atoms with Crippen LogP contribution in [0.5, 0.6) is 23.0 Å². The van der Waals surface area contributed by atoms with Crippen molar-refractivity contribution in [2.45, 2.75) is 12.1 Å². The molecule has 180 valence electrons. The Kier molecular flexibility index (Phi) is 8.19. The number of carbonyl (C=O) groups is 1. The fourth-order valence-electron chi connectivity index (χ4n) is 2.93. The van der Waals surface area contributed by atoms with Crippen molar-refractivity contribution in [3.8, 4) is 23.0 Å². The number of hydrazone groups is 1. The number of nitrogen functional groups attached to an aromatic ring is 1. The van der Waals surface area contributed by atoms with E-state index >= 15 is 0 Å². The molecule has 11 nitrogen and oxygen atoms in total. The number of ether oxygens (including phenoxy) is 4. The number of hydrogen-bond donors (Lipinski definition) is 2. The molecule has 0 saturated carbocycles. The van der Waals surface area contributed by atoms with E-state index in [1.54, 1.807) is 38.5 Å². The van der Waals surface area contributed by atoms with Crippen LogP contribution in [0.1, 0.15) is 22.8 Å². The lowest BCUT2D eigenvalue weighted by molar-refractivity contribution is 0.102. The average molecular weight is 487 g/mol. The van der Waals surface area contributed by atoms with E-state index in [4.69, 9.17) is 24.8 Å². The van der Waals surface area contributed by atoms with Gasteiger partial charge in [0.15, 0.2) is 28.8 Å². The van der Waals surface area contributed by atoms with Gasteiger partial charge in [0, 0.05) is 11.1 Å². The zero-order valence-corrected chi connectivity index (χ0v) is 20.3. The number of Topliss-reactive ketones (excluding diaryl/α,β-unsaturated/α-hetero) is 1. The topological polar surface area (TPSA) is 135 Å². The Balaban J connectivity index is 1.65. The fourth-order valence-corrected chi connectivity index (χ4v) is 3.69. The van der Waals surface area contributed by atoms with Crippen LogP contribution in [0, 0.1) is 0 Å². The molecule has 0 radical (unpaired) electrons. The van der Waals surface area contributed by atoms with Crippen molar-refractivity contribution >= 4 is 29.2 Å². The van der Waals surface area contributed by atoms with Crippen molar-refractivity contribution in [3.05, 3.63) is 47.5 Å². The van der Waals surface area contributed by atoms with Crippen molar-refractivity contribution < 1.29 is 23.7 Å². The maximum absolute atomic E-state index is 12.6. The van der Waals surface area contributed by atoms with Gasteiger partial charge in [-0.2, -0.15) is 5.10 Å². The number of methoxy groups -OCH3 is 4. The third-order valence-corrected chi connectivity index (χ3v) is 5.77. The standard InChI is InChI=1S/C22H26N6O5S/c1-13(14-6-8-17(30-2)19(10-14)32-4)24-25-21-26-27-22(28(21)23)34-12-16(29)15-7-9-18(31-3)20(11-15)33-5/h6-11H,12,23H2,1-5H3,(H,25,26)/b24-13+. The van der Waals surface area contributed by atoms with Gasteiger partial charge in [0.25, 0.3) is 5.95 Å². The summed E-state index contributed by atoms with van der Waals surface area (Å²) < 4.78 is 22.3. The molecular weight excluding hydrogens is 460 g/mol. The number of ketones is 1. The van der Waals surface area contributed by atoms with Crippen LogP contribution in [0.3, 0.4) is 0 Å². The fraction of sp³-hybridized carbons (Fsp3) is 0.273. The molecule has 0 aliphatic heterocycles.